The van der Waals surface area contributed by atoms with Crippen LogP contribution >= 0.6 is 12.2 Å². The number of ether oxygens (including phenoxy) is 1. The lowest BCUT2D eigenvalue weighted by atomic mass is 9.75. The van der Waals surface area contributed by atoms with Crippen LogP contribution in [0, 0.1) is 11.3 Å². The number of anilines is 2. The van der Waals surface area contributed by atoms with Crippen LogP contribution in [-0.2, 0) is 22.1 Å². The molecule has 1 saturated carbocycles. The van der Waals surface area contributed by atoms with Crippen LogP contribution in [0.25, 0.3) is 0 Å². The van der Waals surface area contributed by atoms with Crippen LogP contribution in [0.2, 0.25) is 0 Å². The van der Waals surface area contributed by atoms with Crippen molar-refractivity contribution in [3.63, 3.8) is 0 Å². The van der Waals surface area contributed by atoms with E-state index >= 15 is 0 Å². The zero-order chi connectivity index (χ0) is 24.3. The first-order valence-corrected chi connectivity index (χ1v) is 11.2. The molecule has 3 fully saturated rings. The van der Waals surface area contributed by atoms with Gasteiger partial charge in [0.1, 0.15) is 12.1 Å². The molecule has 10 heteroatoms. The molecule has 1 aliphatic carbocycles. The molecule has 34 heavy (non-hydrogen) atoms. The third-order valence-corrected chi connectivity index (χ3v) is 7.12. The number of nitrogens with zero attached hydrogens (tertiary/aromatic N) is 3. The van der Waals surface area contributed by atoms with E-state index in [1.807, 2.05) is 24.3 Å². The van der Waals surface area contributed by atoms with Crippen LogP contribution in [0.4, 0.5) is 24.5 Å². The van der Waals surface area contributed by atoms with E-state index in [-0.39, 0.29) is 16.7 Å². The molecule has 1 N–H and O–H groups in total. The number of halogens is 3. The summed E-state index contributed by atoms with van der Waals surface area (Å²) in [5.74, 6) is -1.40. The summed E-state index contributed by atoms with van der Waals surface area (Å²) >= 11 is 5.63. The predicted molar refractivity (Wildman–Crippen MR) is 121 cm³/mol. The number of carbonyl (C=O) groups is 1. The van der Waals surface area contributed by atoms with Crippen molar-refractivity contribution in [3.8, 4) is 6.07 Å². The number of aryl methyl sites for hydroxylation is 1. The normalized spacial score (nSPS) is 23.3. The van der Waals surface area contributed by atoms with Crippen molar-refractivity contribution in [2.75, 3.05) is 16.4 Å². The maximum Gasteiger partial charge on any atom is 0.417 e. The molecule has 6 nitrogen and oxygen atoms in total. The van der Waals surface area contributed by atoms with Crippen molar-refractivity contribution in [1.29, 1.82) is 5.26 Å². The van der Waals surface area contributed by atoms with E-state index in [1.165, 1.54) is 6.07 Å². The van der Waals surface area contributed by atoms with E-state index in [2.05, 4.69) is 0 Å². The molecule has 1 atom stereocenters. The molecular formula is C24H20F3N3O3S. The lowest BCUT2D eigenvalue weighted by Gasteiger charge is -2.43. The molecule has 1 spiro atoms. The van der Waals surface area contributed by atoms with Crippen molar-refractivity contribution < 1.29 is 27.8 Å². The second kappa shape index (κ2) is 7.77. The molecule has 2 aliphatic heterocycles. The Morgan fingerprint density at radius 1 is 1.15 bits per heavy atom. The number of amides is 1. The van der Waals surface area contributed by atoms with Crippen LogP contribution in [-0.4, -0.2) is 34.1 Å². The molecule has 2 heterocycles. The topological polar surface area (TPSA) is 80.1 Å². The average Bonchev–Trinajstić information content (AvgIpc) is 3.46. The largest absolute Gasteiger partial charge is 0.417 e. The molecule has 0 radical (unpaired) electrons. The van der Waals surface area contributed by atoms with Gasteiger partial charge < -0.3 is 14.7 Å². The van der Waals surface area contributed by atoms with Gasteiger partial charge in [-0.2, -0.15) is 18.4 Å². The van der Waals surface area contributed by atoms with Crippen LogP contribution in [0.15, 0.2) is 42.5 Å². The second-order valence-electron chi connectivity index (χ2n) is 8.88. The van der Waals surface area contributed by atoms with Crippen LogP contribution in [0.3, 0.4) is 0 Å². The summed E-state index contributed by atoms with van der Waals surface area (Å²) in [5, 5.41) is 19.0. The summed E-state index contributed by atoms with van der Waals surface area (Å²) in [6.07, 6.45) is -1.77. The number of thiocarbonyl (C=S) groups is 1. The van der Waals surface area contributed by atoms with E-state index in [1.54, 1.807) is 11.0 Å². The lowest BCUT2D eigenvalue weighted by molar-refractivity contribution is -0.137. The summed E-state index contributed by atoms with van der Waals surface area (Å²) in [6.45, 7) is 0.332. The van der Waals surface area contributed by atoms with Gasteiger partial charge in [0.05, 0.1) is 22.9 Å². The Labute approximate surface area is 199 Å². The van der Waals surface area contributed by atoms with E-state index < -0.39 is 28.6 Å². The van der Waals surface area contributed by atoms with Gasteiger partial charge in [-0.15, -0.1) is 0 Å². The Kier molecular flexibility index (Phi) is 5.20. The molecule has 2 aromatic rings. The Morgan fingerprint density at radius 2 is 1.79 bits per heavy atom. The van der Waals surface area contributed by atoms with Gasteiger partial charge in [0, 0.05) is 12.1 Å². The summed E-state index contributed by atoms with van der Waals surface area (Å²) in [7, 11) is 0. The number of nitriles is 1. The van der Waals surface area contributed by atoms with Gasteiger partial charge in [-0.25, -0.2) is 0 Å². The van der Waals surface area contributed by atoms with Crippen LogP contribution in [0.1, 0.15) is 42.4 Å². The second-order valence-corrected chi connectivity index (χ2v) is 9.25. The maximum atomic E-state index is 13.5. The minimum atomic E-state index is -4.74. The highest BCUT2D eigenvalue weighted by atomic mass is 32.1. The standard InChI is InChI=1S/C24H20F3N3O3S/c25-24(26,27)19-12-18(7-4-16(19)13-28)29-20(31)22(9-1-10-22)30(21(29)34)17-5-2-15(3-6-17)8-11-23(32)14-33-23/h2-7,12,32H,1,8-11,14H2. The molecule has 2 aromatic carbocycles. The monoisotopic (exact) mass is 487 g/mol. The smallest absolute Gasteiger partial charge is 0.364 e. The molecule has 0 aromatic heterocycles. The molecule has 176 valence electrons. The first-order valence-electron chi connectivity index (χ1n) is 10.8. The number of carbonyl (C=O) groups excluding carboxylic acids is 1. The number of rotatable bonds is 5. The summed E-state index contributed by atoms with van der Waals surface area (Å²) < 4.78 is 45.6. The third-order valence-electron chi connectivity index (χ3n) is 6.76. The first-order chi connectivity index (χ1) is 16.1. The Hall–Kier alpha value is -3.00. The molecular weight excluding hydrogens is 467 g/mol. The fraction of sp³-hybridized carbons (Fsp3) is 0.375. The zero-order valence-electron chi connectivity index (χ0n) is 17.9. The molecule has 1 amide bonds. The van der Waals surface area contributed by atoms with Gasteiger partial charge in [-0.05, 0) is 73.8 Å². The number of alkyl halides is 3. The fourth-order valence-corrected chi connectivity index (χ4v) is 5.06. The minimum absolute atomic E-state index is 0.00982. The SMILES string of the molecule is N#Cc1ccc(N2C(=O)C3(CCC3)N(c3ccc(CCC4(O)CO4)cc3)C2=S)cc1C(F)(F)F. The molecule has 1 unspecified atom stereocenters. The van der Waals surface area contributed by atoms with Gasteiger partial charge >= 0.3 is 6.18 Å². The Balaban J connectivity index is 1.47. The Bertz CT molecular complexity index is 1210. The highest BCUT2D eigenvalue weighted by Crippen LogP contribution is 2.48. The van der Waals surface area contributed by atoms with Gasteiger partial charge in [0.25, 0.3) is 5.91 Å². The van der Waals surface area contributed by atoms with E-state index in [0.717, 1.165) is 29.0 Å². The summed E-state index contributed by atoms with van der Waals surface area (Å²) in [5.41, 5.74) is -0.900. The maximum absolute atomic E-state index is 13.5. The van der Waals surface area contributed by atoms with Crippen molar-refractivity contribution in [2.24, 2.45) is 0 Å². The molecule has 2 saturated heterocycles. The zero-order valence-corrected chi connectivity index (χ0v) is 18.7. The lowest BCUT2D eigenvalue weighted by Crippen LogP contribution is -2.55. The summed E-state index contributed by atoms with van der Waals surface area (Å²) in [4.78, 5) is 16.4. The predicted octanol–water partition coefficient (Wildman–Crippen LogP) is 4.29. The van der Waals surface area contributed by atoms with Gasteiger partial charge in [-0.3, -0.25) is 9.69 Å². The molecule has 0 bridgehead atoms. The molecule has 5 rings (SSSR count). The number of benzene rings is 2. The average molecular weight is 488 g/mol. The van der Waals surface area contributed by atoms with Crippen molar-refractivity contribution in [3.05, 3.63) is 59.2 Å². The summed E-state index contributed by atoms with van der Waals surface area (Å²) in [6, 6.07) is 12.2. The number of hydrogen-bond donors (Lipinski definition) is 1. The van der Waals surface area contributed by atoms with Gasteiger partial charge in [0.2, 0.25) is 0 Å². The van der Waals surface area contributed by atoms with E-state index in [4.69, 9.17) is 22.2 Å². The number of aliphatic hydroxyl groups is 1. The fourth-order valence-electron chi connectivity index (χ4n) is 4.59. The van der Waals surface area contributed by atoms with Crippen molar-refractivity contribution in [2.45, 2.75) is 49.6 Å². The van der Waals surface area contributed by atoms with E-state index in [0.29, 0.717) is 38.0 Å². The van der Waals surface area contributed by atoms with E-state index in [9.17, 15) is 23.1 Å². The van der Waals surface area contributed by atoms with Crippen molar-refractivity contribution in [1.82, 2.24) is 0 Å². The number of hydrogen-bond acceptors (Lipinski definition) is 5. The minimum Gasteiger partial charge on any atom is -0.364 e. The van der Waals surface area contributed by atoms with Gasteiger partial charge in [0.15, 0.2) is 10.9 Å². The van der Waals surface area contributed by atoms with Crippen LogP contribution in [0.5, 0.6) is 0 Å². The molecule has 3 aliphatic rings. The highest BCUT2D eigenvalue weighted by Gasteiger charge is 2.59. The highest BCUT2D eigenvalue weighted by molar-refractivity contribution is 7.81. The first kappa shape index (κ1) is 22.8. The number of epoxide rings is 1. The Morgan fingerprint density at radius 3 is 2.32 bits per heavy atom. The van der Waals surface area contributed by atoms with Crippen molar-refractivity contribution >= 4 is 34.6 Å². The van der Waals surface area contributed by atoms with Crippen LogP contribution < -0.4 is 9.80 Å². The quantitative estimate of drug-likeness (QED) is 0.501. The van der Waals surface area contributed by atoms with Gasteiger partial charge in [-0.1, -0.05) is 12.1 Å². The third kappa shape index (κ3) is 3.64.